The number of nitrogens with two attached hydrogens (primary N) is 1. The Bertz CT molecular complexity index is 690. The summed E-state index contributed by atoms with van der Waals surface area (Å²) in [6.45, 7) is 2.01. The van der Waals surface area contributed by atoms with Crippen molar-refractivity contribution in [3.8, 4) is 11.3 Å². The standard InChI is InChI=1S/C17H20N4OS/c18-17(23)20-19-12-14-11-15(13-7-3-1-4-8-13)22-16(14)21-9-5-2-6-10-21/h1,3-4,7-8,11-12H,2,5-6,9-10H2,(H3,18,20,23)/b19-12+. The molecule has 0 bridgehead atoms. The third kappa shape index (κ3) is 3.90. The Labute approximate surface area is 141 Å². The number of nitrogens with zero attached hydrogens (tertiary/aromatic N) is 2. The second-order valence-electron chi connectivity index (χ2n) is 5.52. The Morgan fingerprint density at radius 2 is 1.96 bits per heavy atom. The second kappa shape index (κ2) is 7.28. The highest BCUT2D eigenvalue weighted by Gasteiger charge is 2.19. The summed E-state index contributed by atoms with van der Waals surface area (Å²) in [5.41, 5.74) is 9.97. The van der Waals surface area contributed by atoms with E-state index in [0.29, 0.717) is 0 Å². The molecular formula is C17H20N4OS. The Morgan fingerprint density at radius 1 is 1.22 bits per heavy atom. The molecule has 1 fully saturated rings. The summed E-state index contributed by atoms with van der Waals surface area (Å²) in [4.78, 5) is 2.28. The fourth-order valence-electron chi connectivity index (χ4n) is 2.74. The van der Waals surface area contributed by atoms with Crippen molar-refractivity contribution in [2.45, 2.75) is 19.3 Å². The van der Waals surface area contributed by atoms with Crippen LogP contribution in [0.2, 0.25) is 0 Å². The van der Waals surface area contributed by atoms with E-state index in [-0.39, 0.29) is 5.11 Å². The van der Waals surface area contributed by atoms with Crippen molar-refractivity contribution in [1.29, 1.82) is 0 Å². The molecule has 120 valence electrons. The van der Waals surface area contributed by atoms with Crippen LogP contribution in [0.4, 0.5) is 5.88 Å². The zero-order valence-corrected chi connectivity index (χ0v) is 13.7. The average molecular weight is 328 g/mol. The molecule has 1 aliphatic rings. The van der Waals surface area contributed by atoms with E-state index in [4.69, 9.17) is 22.4 Å². The van der Waals surface area contributed by atoms with Gasteiger partial charge in [0, 0.05) is 18.7 Å². The van der Waals surface area contributed by atoms with Gasteiger partial charge in [-0.15, -0.1) is 0 Å². The van der Waals surface area contributed by atoms with Gasteiger partial charge in [0.05, 0.1) is 11.8 Å². The lowest BCUT2D eigenvalue weighted by atomic mass is 10.1. The molecule has 1 aromatic heterocycles. The monoisotopic (exact) mass is 328 g/mol. The number of benzene rings is 1. The fourth-order valence-corrected chi connectivity index (χ4v) is 2.79. The van der Waals surface area contributed by atoms with Gasteiger partial charge in [0.15, 0.2) is 5.11 Å². The molecule has 3 N–H and O–H groups in total. The molecule has 0 atom stereocenters. The molecular weight excluding hydrogens is 308 g/mol. The first-order valence-electron chi connectivity index (χ1n) is 7.77. The number of furan rings is 1. The molecule has 23 heavy (non-hydrogen) atoms. The highest BCUT2D eigenvalue weighted by Crippen LogP contribution is 2.32. The number of rotatable bonds is 4. The minimum Gasteiger partial charge on any atom is -0.440 e. The van der Waals surface area contributed by atoms with Gasteiger partial charge in [-0.3, -0.25) is 5.43 Å². The summed E-state index contributed by atoms with van der Waals surface area (Å²) >= 11 is 4.77. The van der Waals surface area contributed by atoms with Crippen LogP contribution in [0.1, 0.15) is 24.8 Å². The molecule has 6 heteroatoms. The molecule has 0 amide bonds. The lowest BCUT2D eigenvalue weighted by Gasteiger charge is -2.26. The predicted molar refractivity (Wildman–Crippen MR) is 97.7 cm³/mol. The first kappa shape index (κ1) is 15.6. The highest BCUT2D eigenvalue weighted by atomic mass is 32.1. The summed E-state index contributed by atoms with van der Waals surface area (Å²) in [5.74, 6) is 1.69. The van der Waals surface area contributed by atoms with Gasteiger partial charge >= 0.3 is 0 Å². The Balaban J connectivity index is 1.92. The summed E-state index contributed by atoms with van der Waals surface area (Å²) in [5, 5.41) is 4.22. The highest BCUT2D eigenvalue weighted by molar-refractivity contribution is 7.80. The lowest BCUT2D eigenvalue weighted by Crippen LogP contribution is -2.29. The second-order valence-corrected chi connectivity index (χ2v) is 5.96. The topological polar surface area (TPSA) is 66.8 Å². The van der Waals surface area contributed by atoms with E-state index in [1.54, 1.807) is 6.21 Å². The smallest absolute Gasteiger partial charge is 0.205 e. The van der Waals surface area contributed by atoms with Crippen LogP contribution in [0.5, 0.6) is 0 Å². The van der Waals surface area contributed by atoms with E-state index in [0.717, 1.165) is 35.9 Å². The van der Waals surface area contributed by atoms with Crippen LogP contribution < -0.4 is 16.1 Å². The van der Waals surface area contributed by atoms with Crippen molar-refractivity contribution >= 4 is 29.4 Å². The van der Waals surface area contributed by atoms with Crippen molar-refractivity contribution in [1.82, 2.24) is 5.43 Å². The van der Waals surface area contributed by atoms with Crippen molar-refractivity contribution in [3.63, 3.8) is 0 Å². The van der Waals surface area contributed by atoms with Crippen LogP contribution in [-0.2, 0) is 0 Å². The third-order valence-corrected chi connectivity index (χ3v) is 3.91. The van der Waals surface area contributed by atoms with E-state index >= 15 is 0 Å². The molecule has 0 radical (unpaired) electrons. The van der Waals surface area contributed by atoms with Crippen LogP contribution in [0.25, 0.3) is 11.3 Å². The van der Waals surface area contributed by atoms with Crippen LogP contribution in [0.3, 0.4) is 0 Å². The first-order chi connectivity index (χ1) is 11.2. The number of piperidine rings is 1. The summed E-state index contributed by atoms with van der Waals surface area (Å²) in [6, 6.07) is 12.1. The first-order valence-corrected chi connectivity index (χ1v) is 8.17. The van der Waals surface area contributed by atoms with E-state index < -0.39 is 0 Å². The molecule has 0 spiro atoms. The van der Waals surface area contributed by atoms with Gasteiger partial charge < -0.3 is 15.1 Å². The number of hydrazone groups is 1. The number of nitrogens with one attached hydrogen (secondary N) is 1. The molecule has 1 aromatic carbocycles. The van der Waals surface area contributed by atoms with Gasteiger partial charge in [0.2, 0.25) is 5.88 Å². The summed E-state index contributed by atoms with van der Waals surface area (Å²) in [6.07, 6.45) is 5.35. The fraction of sp³-hybridized carbons (Fsp3) is 0.294. The van der Waals surface area contributed by atoms with Crippen LogP contribution in [-0.4, -0.2) is 24.4 Å². The van der Waals surface area contributed by atoms with E-state index in [1.807, 2.05) is 36.4 Å². The molecule has 0 unspecified atom stereocenters. The van der Waals surface area contributed by atoms with Crippen LogP contribution in [0, 0.1) is 0 Å². The number of hydrogen-bond donors (Lipinski definition) is 2. The molecule has 0 saturated carbocycles. The van der Waals surface area contributed by atoms with Gasteiger partial charge in [0.1, 0.15) is 5.76 Å². The quantitative estimate of drug-likeness (QED) is 0.513. The molecule has 5 nitrogen and oxygen atoms in total. The third-order valence-electron chi connectivity index (χ3n) is 3.82. The van der Waals surface area contributed by atoms with Crippen molar-refractivity contribution in [2.75, 3.05) is 18.0 Å². The summed E-state index contributed by atoms with van der Waals surface area (Å²) < 4.78 is 6.14. The Kier molecular flexibility index (Phi) is 4.92. The lowest BCUT2D eigenvalue weighted by molar-refractivity contribution is 0.506. The number of hydrogen-bond acceptors (Lipinski definition) is 4. The van der Waals surface area contributed by atoms with Crippen LogP contribution in [0.15, 0.2) is 45.9 Å². The van der Waals surface area contributed by atoms with Gasteiger partial charge in [-0.05, 0) is 37.5 Å². The molecule has 1 aliphatic heterocycles. The van der Waals surface area contributed by atoms with E-state index in [2.05, 4.69) is 15.4 Å². The van der Waals surface area contributed by atoms with E-state index in [1.165, 1.54) is 19.3 Å². The normalized spacial score (nSPS) is 15.0. The van der Waals surface area contributed by atoms with Crippen molar-refractivity contribution < 1.29 is 4.42 Å². The van der Waals surface area contributed by atoms with Gasteiger partial charge in [-0.2, -0.15) is 5.10 Å². The molecule has 1 saturated heterocycles. The molecule has 2 heterocycles. The van der Waals surface area contributed by atoms with Crippen molar-refractivity contribution in [2.24, 2.45) is 10.8 Å². The number of anilines is 1. The molecule has 3 rings (SSSR count). The van der Waals surface area contributed by atoms with Crippen LogP contribution >= 0.6 is 12.2 Å². The maximum atomic E-state index is 6.14. The zero-order chi connectivity index (χ0) is 16.1. The summed E-state index contributed by atoms with van der Waals surface area (Å²) in [7, 11) is 0. The van der Waals surface area contributed by atoms with Crippen molar-refractivity contribution in [3.05, 3.63) is 42.0 Å². The largest absolute Gasteiger partial charge is 0.440 e. The zero-order valence-electron chi connectivity index (χ0n) is 12.9. The van der Waals surface area contributed by atoms with Gasteiger partial charge in [-0.1, -0.05) is 30.3 Å². The Hall–Kier alpha value is -2.34. The van der Waals surface area contributed by atoms with Gasteiger partial charge in [-0.25, -0.2) is 0 Å². The van der Waals surface area contributed by atoms with E-state index in [9.17, 15) is 0 Å². The van der Waals surface area contributed by atoms with Gasteiger partial charge in [0.25, 0.3) is 0 Å². The maximum Gasteiger partial charge on any atom is 0.205 e. The predicted octanol–water partition coefficient (Wildman–Crippen LogP) is 3.10. The Morgan fingerprint density at radius 3 is 2.65 bits per heavy atom. The maximum absolute atomic E-state index is 6.14. The minimum absolute atomic E-state index is 0.146. The SMILES string of the molecule is NC(=S)N/N=C/c1cc(-c2ccccc2)oc1N1CCCCC1. The minimum atomic E-state index is 0.146. The number of thiocarbonyl (C=S) groups is 1. The molecule has 0 aliphatic carbocycles. The average Bonchev–Trinajstić information content (AvgIpc) is 3.00. The molecule has 2 aromatic rings.